The van der Waals surface area contributed by atoms with Crippen molar-refractivity contribution in [3.8, 4) is 0 Å². The van der Waals surface area contributed by atoms with Crippen LogP contribution in [0.15, 0.2) is 0 Å². The van der Waals surface area contributed by atoms with E-state index in [4.69, 9.17) is 5.73 Å². The average Bonchev–Trinajstić information content (AvgIpc) is 2.84. The van der Waals surface area contributed by atoms with E-state index in [2.05, 4.69) is 49.3 Å². The molecule has 0 aromatic carbocycles. The number of likely N-dealkylation sites (tertiary alicyclic amines) is 1. The molecule has 0 saturated carbocycles. The predicted octanol–water partition coefficient (Wildman–Crippen LogP) is 1.21. The lowest BCUT2D eigenvalue weighted by Gasteiger charge is -2.48. The summed E-state index contributed by atoms with van der Waals surface area (Å²) in [7, 11) is 0. The summed E-state index contributed by atoms with van der Waals surface area (Å²) in [6.45, 7) is 19.4. The molecule has 4 heteroatoms. The lowest BCUT2D eigenvalue weighted by atomic mass is 9.94. The molecule has 1 unspecified atom stereocenters. The van der Waals surface area contributed by atoms with Crippen molar-refractivity contribution >= 4 is 0 Å². The Labute approximate surface area is 125 Å². The summed E-state index contributed by atoms with van der Waals surface area (Å²) >= 11 is 0. The van der Waals surface area contributed by atoms with Crippen LogP contribution in [0.2, 0.25) is 0 Å². The van der Waals surface area contributed by atoms with E-state index in [0.29, 0.717) is 11.6 Å². The van der Waals surface area contributed by atoms with Crippen LogP contribution < -0.4 is 5.73 Å². The normalized spacial score (nSPS) is 31.4. The van der Waals surface area contributed by atoms with Crippen LogP contribution in [0.5, 0.6) is 0 Å². The first kappa shape index (κ1) is 16.2. The molecule has 2 fully saturated rings. The highest BCUT2D eigenvalue weighted by molar-refractivity contribution is 5.02. The maximum atomic E-state index is 6.20. The third-order valence-corrected chi connectivity index (χ3v) is 5.37. The van der Waals surface area contributed by atoms with Gasteiger partial charge >= 0.3 is 0 Å². The molecule has 0 amide bonds. The second-order valence-corrected chi connectivity index (χ2v) is 7.89. The summed E-state index contributed by atoms with van der Waals surface area (Å²) in [4.78, 5) is 7.86. The predicted molar refractivity (Wildman–Crippen MR) is 86.0 cm³/mol. The molecule has 2 aliphatic heterocycles. The van der Waals surface area contributed by atoms with Crippen LogP contribution in [0.1, 0.15) is 41.0 Å². The van der Waals surface area contributed by atoms with Crippen molar-refractivity contribution < 1.29 is 0 Å². The second kappa shape index (κ2) is 5.91. The van der Waals surface area contributed by atoms with Gasteiger partial charge in [-0.05, 0) is 41.0 Å². The monoisotopic (exact) mass is 282 g/mol. The van der Waals surface area contributed by atoms with Gasteiger partial charge in [-0.1, -0.05) is 0 Å². The Bertz CT molecular complexity index is 315. The molecular formula is C16H34N4. The van der Waals surface area contributed by atoms with E-state index in [1.165, 1.54) is 39.1 Å². The molecule has 20 heavy (non-hydrogen) atoms. The van der Waals surface area contributed by atoms with E-state index < -0.39 is 0 Å². The maximum Gasteiger partial charge on any atom is 0.0471 e. The van der Waals surface area contributed by atoms with E-state index in [1.807, 2.05) is 0 Å². The third-order valence-electron chi connectivity index (χ3n) is 5.37. The van der Waals surface area contributed by atoms with E-state index >= 15 is 0 Å². The van der Waals surface area contributed by atoms with Crippen LogP contribution in [-0.2, 0) is 0 Å². The zero-order chi connectivity index (χ0) is 15.0. The first-order valence-electron chi connectivity index (χ1n) is 8.23. The Morgan fingerprint density at radius 1 is 1.05 bits per heavy atom. The number of nitrogens with zero attached hydrogens (tertiary/aromatic N) is 3. The Kier molecular flexibility index (Phi) is 4.80. The highest BCUT2D eigenvalue weighted by Gasteiger charge is 2.43. The Morgan fingerprint density at radius 2 is 1.65 bits per heavy atom. The van der Waals surface area contributed by atoms with Crippen LogP contribution >= 0.6 is 0 Å². The van der Waals surface area contributed by atoms with E-state index in [-0.39, 0.29) is 5.54 Å². The van der Waals surface area contributed by atoms with Crippen LogP contribution in [0.25, 0.3) is 0 Å². The van der Waals surface area contributed by atoms with Gasteiger partial charge in [-0.15, -0.1) is 0 Å². The minimum atomic E-state index is 0.230. The largest absolute Gasteiger partial charge is 0.329 e. The van der Waals surface area contributed by atoms with E-state index in [1.54, 1.807) is 0 Å². The fraction of sp³-hybridized carbons (Fsp3) is 1.00. The molecule has 2 saturated heterocycles. The standard InChI is InChI=1S/C16H34N4/c1-14(2)18-7-6-16(12-17,13-18)20-10-8-19(9-11-20)15(3,4)5/h14H,6-13,17H2,1-5H3. The molecule has 2 heterocycles. The Balaban J connectivity index is 1.98. The molecule has 0 aromatic heterocycles. The number of hydrogen-bond acceptors (Lipinski definition) is 4. The molecule has 0 spiro atoms. The van der Waals surface area contributed by atoms with Crippen molar-refractivity contribution in [2.75, 3.05) is 45.8 Å². The first-order valence-corrected chi connectivity index (χ1v) is 8.23. The van der Waals surface area contributed by atoms with Crippen LogP contribution in [0, 0.1) is 0 Å². The molecule has 1 atom stereocenters. The van der Waals surface area contributed by atoms with Crippen LogP contribution in [0.4, 0.5) is 0 Å². The van der Waals surface area contributed by atoms with Crippen molar-refractivity contribution in [3.63, 3.8) is 0 Å². The molecular weight excluding hydrogens is 248 g/mol. The summed E-state index contributed by atoms with van der Waals surface area (Å²) in [5.74, 6) is 0. The Morgan fingerprint density at radius 3 is 2.05 bits per heavy atom. The zero-order valence-electron chi connectivity index (χ0n) is 14.2. The molecule has 2 aliphatic rings. The lowest BCUT2D eigenvalue weighted by Crippen LogP contribution is -2.63. The second-order valence-electron chi connectivity index (χ2n) is 7.89. The molecule has 2 rings (SSSR count). The van der Waals surface area contributed by atoms with Gasteiger partial charge < -0.3 is 5.73 Å². The van der Waals surface area contributed by atoms with Gasteiger partial charge in [0.1, 0.15) is 0 Å². The van der Waals surface area contributed by atoms with Gasteiger partial charge in [-0.25, -0.2) is 0 Å². The fourth-order valence-electron chi connectivity index (χ4n) is 3.73. The number of hydrogen-bond donors (Lipinski definition) is 1. The van der Waals surface area contributed by atoms with Crippen molar-refractivity contribution in [2.24, 2.45) is 5.73 Å². The fourth-order valence-corrected chi connectivity index (χ4v) is 3.73. The summed E-state index contributed by atoms with van der Waals surface area (Å²) in [5, 5.41) is 0. The van der Waals surface area contributed by atoms with Crippen molar-refractivity contribution in [2.45, 2.75) is 58.2 Å². The molecule has 2 N–H and O–H groups in total. The number of piperazine rings is 1. The smallest absolute Gasteiger partial charge is 0.0471 e. The summed E-state index contributed by atoms with van der Waals surface area (Å²) < 4.78 is 0. The molecule has 0 radical (unpaired) electrons. The molecule has 4 nitrogen and oxygen atoms in total. The molecule has 118 valence electrons. The third kappa shape index (κ3) is 3.19. The molecule has 0 bridgehead atoms. The molecule has 0 aliphatic carbocycles. The van der Waals surface area contributed by atoms with E-state index in [0.717, 1.165) is 13.1 Å². The Hall–Kier alpha value is -0.160. The van der Waals surface area contributed by atoms with Crippen molar-refractivity contribution in [3.05, 3.63) is 0 Å². The van der Waals surface area contributed by atoms with Gasteiger partial charge in [-0.3, -0.25) is 14.7 Å². The number of nitrogens with two attached hydrogens (primary N) is 1. The van der Waals surface area contributed by atoms with Crippen molar-refractivity contribution in [1.29, 1.82) is 0 Å². The zero-order valence-corrected chi connectivity index (χ0v) is 14.2. The first-order chi connectivity index (χ1) is 9.28. The summed E-state index contributed by atoms with van der Waals surface area (Å²) in [5.41, 5.74) is 6.72. The highest BCUT2D eigenvalue weighted by Crippen LogP contribution is 2.30. The summed E-state index contributed by atoms with van der Waals surface area (Å²) in [6.07, 6.45) is 1.23. The topological polar surface area (TPSA) is 35.7 Å². The number of rotatable bonds is 3. The van der Waals surface area contributed by atoms with Gasteiger partial charge in [0.2, 0.25) is 0 Å². The average molecular weight is 282 g/mol. The maximum absolute atomic E-state index is 6.20. The minimum absolute atomic E-state index is 0.230. The SMILES string of the molecule is CC(C)N1CCC(CN)(N2CCN(C(C)(C)C)CC2)C1. The van der Waals surface area contributed by atoms with Gasteiger partial charge in [0, 0.05) is 62.9 Å². The molecule has 0 aromatic rings. The lowest BCUT2D eigenvalue weighted by molar-refractivity contribution is 0.00641. The summed E-state index contributed by atoms with van der Waals surface area (Å²) in [6, 6.07) is 0.638. The van der Waals surface area contributed by atoms with Gasteiger partial charge in [-0.2, -0.15) is 0 Å². The van der Waals surface area contributed by atoms with Gasteiger partial charge in [0.15, 0.2) is 0 Å². The minimum Gasteiger partial charge on any atom is -0.329 e. The van der Waals surface area contributed by atoms with Crippen molar-refractivity contribution in [1.82, 2.24) is 14.7 Å². The van der Waals surface area contributed by atoms with Gasteiger partial charge in [0.25, 0.3) is 0 Å². The quantitative estimate of drug-likeness (QED) is 0.844. The van der Waals surface area contributed by atoms with E-state index in [9.17, 15) is 0 Å². The van der Waals surface area contributed by atoms with Crippen LogP contribution in [-0.4, -0.2) is 77.6 Å². The van der Waals surface area contributed by atoms with Crippen LogP contribution in [0.3, 0.4) is 0 Å². The van der Waals surface area contributed by atoms with Gasteiger partial charge in [0.05, 0.1) is 0 Å². The highest BCUT2D eigenvalue weighted by atomic mass is 15.4.